The SMILES string of the molecule is CC1(C)OB(c2ccc(C3(c4ccc(B5OC(C)(C)C(C)(C)O5)cc4)CCCCC3)cc2)OC1(C)C.Clc1nc(-c2ccccc2)nc(-c2ccc(-c3ccccc3)cc2)n1.c1ccc(-c2ccc(-c3nc(-c4ccccc4)nc(-c4ccc(C5(c6ccc(-c7nc(-c8ccccc8)nc(-c8ccccc8)n7)cc6)CCCCC5)cc4)n3)cc2)cc1. The van der Waals surface area contributed by atoms with Crippen LogP contribution >= 0.6 is 11.6 Å². The summed E-state index contributed by atoms with van der Waals surface area (Å²) in [7, 11) is -0.656. The molecule has 0 spiro atoms. The van der Waals surface area contributed by atoms with Crippen molar-refractivity contribution in [3.8, 4) is 113 Å². The summed E-state index contributed by atoms with van der Waals surface area (Å²) < 4.78 is 25.2. The maximum Gasteiger partial charge on any atom is 0.494 e. The van der Waals surface area contributed by atoms with Crippen molar-refractivity contribution in [2.75, 3.05) is 0 Å². The smallest absolute Gasteiger partial charge is 0.399 e. The van der Waals surface area contributed by atoms with Crippen molar-refractivity contribution in [1.29, 1.82) is 0 Å². The quantitative estimate of drug-likeness (QED) is 0.0844. The molecule has 19 rings (SSSR count). The first kappa shape index (κ1) is 81.3. The summed E-state index contributed by atoms with van der Waals surface area (Å²) in [5.41, 5.74) is 18.3. The molecule has 4 aliphatic rings. The van der Waals surface area contributed by atoms with E-state index in [1.165, 1.54) is 84.7 Å². The molecule has 2 saturated carbocycles. The van der Waals surface area contributed by atoms with Gasteiger partial charge in [0.2, 0.25) is 5.28 Å². The van der Waals surface area contributed by atoms with E-state index in [-0.39, 0.29) is 52.8 Å². The molecular weight excluding hydrogens is 1510 g/mol. The van der Waals surface area contributed by atoms with Crippen molar-refractivity contribution < 1.29 is 18.6 Å². The molecule has 2 saturated heterocycles. The summed E-state index contributed by atoms with van der Waals surface area (Å²) in [6.07, 6.45) is 11.9. The zero-order valence-corrected chi connectivity index (χ0v) is 70.7. The van der Waals surface area contributed by atoms with E-state index >= 15 is 0 Å². The fourth-order valence-electron chi connectivity index (χ4n) is 16.9. The molecule has 121 heavy (non-hydrogen) atoms. The molecule has 3 aromatic heterocycles. The van der Waals surface area contributed by atoms with Crippen LogP contribution < -0.4 is 10.9 Å². The third-order valence-electron chi connectivity index (χ3n) is 25.3. The molecule has 2 aliphatic carbocycles. The summed E-state index contributed by atoms with van der Waals surface area (Å²) in [5.74, 6) is 5.08. The molecule has 0 atom stereocenters. The highest BCUT2D eigenvalue weighted by molar-refractivity contribution is 6.62. The first-order chi connectivity index (χ1) is 58.7. The zero-order chi connectivity index (χ0) is 83.2. The molecule has 0 amide bonds. The van der Waals surface area contributed by atoms with Crippen LogP contribution in [0.1, 0.15) is 142 Å². The second-order valence-electron chi connectivity index (χ2n) is 34.1. The molecule has 600 valence electrons. The molecule has 4 fully saturated rings. The molecule has 0 bridgehead atoms. The van der Waals surface area contributed by atoms with Gasteiger partial charge in [-0.15, -0.1) is 0 Å². The Balaban J connectivity index is 0.000000144. The molecule has 13 nitrogen and oxygen atoms in total. The Kier molecular flexibility index (Phi) is 23.5. The lowest BCUT2D eigenvalue weighted by Crippen LogP contribution is -2.41. The highest BCUT2D eigenvalue weighted by Crippen LogP contribution is 2.48. The third-order valence-corrected chi connectivity index (χ3v) is 25.5. The Morgan fingerprint density at radius 3 is 0.612 bits per heavy atom. The highest BCUT2D eigenvalue weighted by Gasteiger charge is 2.53. The molecule has 16 heteroatoms. The topological polar surface area (TPSA) is 153 Å². The van der Waals surface area contributed by atoms with Gasteiger partial charge in [-0.1, -0.05) is 366 Å². The minimum absolute atomic E-state index is 0.0289. The van der Waals surface area contributed by atoms with Crippen molar-refractivity contribution in [2.24, 2.45) is 0 Å². The average Bonchev–Trinajstić information content (AvgIpc) is 1.49. The first-order valence-corrected chi connectivity index (χ1v) is 42.7. The normalized spacial score (nSPS) is 16.5. The number of nitrogens with zero attached hydrogens (tertiary/aromatic N) is 9. The van der Waals surface area contributed by atoms with Crippen LogP contribution in [0.3, 0.4) is 0 Å². The summed E-state index contributed by atoms with van der Waals surface area (Å²) >= 11 is 6.11. The Bertz CT molecular complexity index is 5840. The van der Waals surface area contributed by atoms with Crippen molar-refractivity contribution in [3.05, 3.63) is 355 Å². The largest absolute Gasteiger partial charge is 0.494 e. The number of benzene rings is 12. The summed E-state index contributed by atoms with van der Waals surface area (Å²) in [6, 6.07) is 113. The van der Waals surface area contributed by atoms with Crippen molar-refractivity contribution >= 4 is 36.8 Å². The van der Waals surface area contributed by atoms with E-state index in [0.717, 1.165) is 79.4 Å². The molecule has 0 N–H and O–H groups in total. The number of hydrogen-bond donors (Lipinski definition) is 0. The number of hydrogen-bond acceptors (Lipinski definition) is 13. The van der Waals surface area contributed by atoms with Gasteiger partial charge in [-0.3, -0.25) is 0 Å². The van der Waals surface area contributed by atoms with Crippen LogP contribution in [0.2, 0.25) is 5.28 Å². The number of aromatic nitrogens is 9. The van der Waals surface area contributed by atoms with Crippen LogP contribution in [0.25, 0.3) is 113 Å². The maximum atomic E-state index is 6.29. The molecular formula is C105H98B2ClN9O4. The minimum atomic E-state index is -0.333. The van der Waals surface area contributed by atoms with Gasteiger partial charge in [0, 0.05) is 55.3 Å². The van der Waals surface area contributed by atoms with Crippen LogP contribution in [0.5, 0.6) is 0 Å². The van der Waals surface area contributed by atoms with Crippen molar-refractivity contribution in [2.45, 2.75) is 153 Å². The van der Waals surface area contributed by atoms with Crippen LogP contribution in [-0.4, -0.2) is 81.5 Å². The first-order valence-electron chi connectivity index (χ1n) is 42.4. The summed E-state index contributed by atoms with van der Waals surface area (Å²) in [6.45, 7) is 16.8. The summed E-state index contributed by atoms with van der Waals surface area (Å²) in [5, 5.41) is 0.191. The van der Waals surface area contributed by atoms with Gasteiger partial charge < -0.3 is 18.6 Å². The van der Waals surface area contributed by atoms with Crippen LogP contribution in [0.15, 0.2) is 328 Å². The lowest BCUT2D eigenvalue weighted by Gasteiger charge is -2.39. The Labute approximate surface area is 716 Å². The fourth-order valence-corrected chi connectivity index (χ4v) is 17.1. The second-order valence-corrected chi connectivity index (χ2v) is 34.4. The van der Waals surface area contributed by atoms with Gasteiger partial charge in [0.15, 0.2) is 46.6 Å². The van der Waals surface area contributed by atoms with Gasteiger partial charge in [0.25, 0.3) is 0 Å². The van der Waals surface area contributed by atoms with Gasteiger partial charge in [0.05, 0.1) is 22.4 Å². The van der Waals surface area contributed by atoms with Gasteiger partial charge >= 0.3 is 14.2 Å². The molecule has 15 aromatic rings. The predicted molar refractivity (Wildman–Crippen MR) is 491 cm³/mol. The highest BCUT2D eigenvalue weighted by atomic mass is 35.5. The summed E-state index contributed by atoms with van der Waals surface area (Å²) in [4.78, 5) is 43.0. The molecule has 2 aliphatic heterocycles. The van der Waals surface area contributed by atoms with E-state index in [9.17, 15) is 0 Å². The molecule has 0 unspecified atom stereocenters. The van der Waals surface area contributed by atoms with Crippen LogP contribution in [0.4, 0.5) is 0 Å². The van der Waals surface area contributed by atoms with Gasteiger partial charge in [-0.25, -0.2) is 34.9 Å². The van der Waals surface area contributed by atoms with Crippen LogP contribution in [0, 0.1) is 0 Å². The molecule has 5 heterocycles. The molecule has 12 aromatic carbocycles. The third kappa shape index (κ3) is 17.7. The monoisotopic (exact) mass is 1610 g/mol. The van der Waals surface area contributed by atoms with Gasteiger partial charge in [-0.2, -0.15) is 9.97 Å². The second kappa shape index (κ2) is 34.9. The van der Waals surface area contributed by atoms with E-state index in [1.807, 2.05) is 158 Å². The molecule has 0 radical (unpaired) electrons. The Morgan fingerprint density at radius 1 is 0.207 bits per heavy atom. The maximum absolute atomic E-state index is 6.29. The fraction of sp³-hybridized carbons (Fsp3) is 0.229. The van der Waals surface area contributed by atoms with Crippen LogP contribution in [-0.2, 0) is 29.4 Å². The van der Waals surface area contributed by atoms with Gasteiger partial charge in [0.1, 0.15) is 0 Å². The standard InChI is InChI=1S/C54H42N6.C30H42B2O4.C21H14ClN3/c1-6-16-38(17-7-1)39-24-26-43(27-25-39)51-56-50(42-22-12-4-13-23-42)59-53(60-51)45-30-34-47(35-31-45)54(36-14-5-15-37-54)46-32-28-44(29-33-46)52-57-48(40-18-8-2-9-19-40)55-49(58-52)41-20-10-3-11-21-41;1-26(2)27(3,4)34-31(33-26)24-16-12-22(13-17-24)30(20-10-9-11-21-30)23-14-18-25(19-15-23)32-35-28(5,6)29(7,8)36-32;22-21-24-19(17-9-5-2-6-10-17)23-20(25-21)18-13-11-16(12-14-18)15-7-3-1-4-8-15/h1-4,6-13,16-35H,5,14-15,36-37H2;12-19H,9-11,20-21H2,1-8H3;1-14H. The van der Waals surface area contributed by atoms with E-state index in [1.54, 1.807) is 0 Å². The van der Waals surface area contributed by atoms with E-state index in [4.69, 9.17) is 60.1 Å². The number of rotatable bonds is 16. The number of halogens is 1. The minimum Gasteiger partial charge on any atom is -0.399 e. The Morgan fingerprint density at radius 2 is 0.380 bits per heavy atom. The lowest BCUT2D eigenvalue weighted by atomic mass is 9.64. The lowest BCUT2D eigenvalue weighted by molar-refractivity contribution is 0.00578. The van der Waals surface area contributed by atoms with Crippen molar-refractivity contribution in [3.63, 3.8) is 0 Å². The van der Waals surface area contributed by atoms with E-state index < -0.39 is 0 Å². The zero-order valence-electron chi connectivity index (χ0n) is 69.9. The van der Waals surface area contributed by atoms with E-state index in [0.29, 0.717) is 46.6 Å². The van der Waals surface area contributed by atoms with Crippen molar-refractivity contribution in [1.82, 2.24) is 44.9 Å². The van der Waals surface area contributed by atoms with E-state index in [2.05, 4.69) is 240 Å². The van der Waals surface area contributed by atoms with Gasteiger partial charge in [-0.05, 0) is 148 Å². The predicted octanol–water partition coefficient (Wildman–Crippen LogP) is 24.0. The Hall–Kier alpha value is -12.1. The average molecular weight is 1610 g/mol.